The third-order valence-electron chi connectivity index (χ3n) is 3.61. The van der Waals surface area contributed by atoms with Crippen molar-refractivity contribution in [3.63, 3.8) is 0 Å². The summed E-state index contributed by atoms with van der Waals surface area (Å²) in [6, 6.07) is 4.01. The van der Waals surface area contributed by atoms with Crippen LogP contribution in [0.3, 0.4) is 0 Å². The van der Waals surface area contributed by atoms with E-state index >= 15 is 0 Å². The molecule has 0 unspecified atom stereocenters. The molecule has 1 aliphatic rings. The number of hydrogen-bond acceptors (Lipinski definition) is 7. The fourth-order valence-electron chi connectivity index (χ4n) is 2.48. The molecular formula is C16H17N3O6S. The quantitative estimate of drug-likeness (QED) is 0.508. The van der Waals surface area contributed by atoms with Gasteiger partial charge in [-0.15, -0.1) is 0 Å². The predicted octanol–water partition coefficient (Wildman–Crippen LogP) is 0.142. The number of carbonyl (C=O) groups excluding carboxylic acids is 5. The van der Waals surface area contributed by atoms with Gasteiger partial charge < -0.3 is 10.5 Å². The molecule has 0 radical (unpaired) electrons. The molecule has 0 aliphatic carbocycles. The first kappa shape index (κ1) is 19.4. The fourth-order valence-corrected chi connectivity index (χ4v) is 2.94. The molecule has 0 aromatic heterocycles. The van der Waals surface area contributed by atoms with Crippen LogP contribution in [0.4, 0.5) is 4.79 Å². The number of carbonyl (C=O) groups is 5. The minimum absolute atomic E-state index is 0.170. The Morgan fingerprint density at radius 3 is 2.27 bits per heavy atom. The van der Waals surface area contributed by atoms with E-state index in [4.69, 9.17) is 10.5 Å². The number of nitrogens with two attached hydrogens (primary N) is 1. The van der Waals surface area contributed by atoms with Crippen molar-refractivity contribution in [3.05, 3.63) is 35.4 Å². The van der Waals surface area contributed by atoms with Crippen molar-refractivity contribution in [2.24, 2.45) is 5.73 Å². The summed E-state index contributed by atoms with van der Waals surface area (Å²) in [4.78, 5) is 60.3. The van der Waals surface area contributed by atoms with Crippen molar-refractivity contribution in [2.45, 2.75) is 12.5 Å². The monoisotopic (exact) mass is 379 g/mol. The van der Waals surface area contributed by atoms with Crippen LogP contribution in [0.5, 0.6) is 0 Å². The van der Waals surface area contributed by atoms with E-state index in [-0.39, 0.29) is 17.5 Å². The molecule has 5 amide bonds. The molecule has 26 heavy (non-hydrogen) atoms. The second-order valence-electron chi connectivity index (χ2n) is 5.34. The van der Waals surface area contributed by atoms with Gasteiger partial charge in [-0.2, -0.15) is 11.8 Å². The molecule has 1 aliphatic heterocycles. The number of nitrogens with one attached hydrogen (secondary N) is 1. The van der Waals surface area contributed by atoms with E-state index in [1.165, 1.54) is 23.9 Å². The molecule has 0 spiro atoms. The second kappa shape index (κ2) is 8.48. The average molecular weight is 379 g/mol. The number of ether oxygens (including phenoxy) is 1. The number of thioether (sulfide) groups is 1. The standard InChI is InChI=1S/C16H17N3O6S/c1-26-7-6-11(15(23)25-8-12(20)18-16(17)24)19-13(21)9-4-2-3-5-10(9)14(19)22/h2-5,11H,6-8H2,1H3,(H3,17,18,20,24)/t11-/m0/s1. The first-order valence-corrected chi connectivity index (χ1v) is 8.98. The molecule has 1 heterocycles. The molecule has 10 heteroatoms. The molecule has 1 aromatic carbocycles. The van der Waals surface area contributed by atoms with Crippen LogP contribution in [-0.2, 0) is 14.3 Å². The highest BCUT2D eigenvalue weighted by molar-refractivity contribution is 7.98. The number of urea groups is 1. The smallest absolute Gasteiger partial charge is 0.329 e. The number of amides is 5. The summed E-state index contributed by atoms with van der Waals surface area (Å²) in [7, 11) is 0. The summed E-state index contributed by atoms with van der Waals surface area (Å²) in [5, 5.41) is 1.75. The average Bonchev–Trinajstić information content (AvgIpc) is 2.85. The Hall–Kier alpha value is -2.88. The van der Waals surface area contributed by atoms with Gasteiger partial charge in [0.2, 0.25) is 0 Å². The Labute approximate surface area is 153 Å². The zero-order valence-electron chi connectivity index (χ0n) is 13.9. The van der Waals surface area contributed by atoms with Gasteiger partial charge in [0.05, 0.1) is 11.1 Å². The lowest BCUT2D eigenvalue weighted by molar-refractivity contribution is -0.152. The van der Waals surface area contributed by atoms with Crippen molar-refractivity contribution >= 4 is 41.5 Å². The number of esters is 1. The van der Waals surface area contributed by atoms with E-state index in [1.54, 1.807) is 17.4 Å². The fraction of sp³-hybridized carbons (Fsp3) is 0.312. The molecule has 1 aromatic rings. The Morgan fingerprint density at radius 2 is 1.77 bits per heavy atom. The molecule has 3 N–H and O–H groups in total. The van der Waals surface area contributed by atoms with Gasteiger partial charge in [0.25, 0.3) is 17.7 Å². The van der Waals surface area contributed by atoms with Crippen LogP contribution in [0.1, 0.15) is 27.1 Å². The topological polar surface area (TPSA) is 136 Å². The van der Waals surface area contributed by atoms with Crippen LogP contribution in [0, 0.1) is 0 Å². The van der Waals surface area contributed by atoms with Crippen LogP contribution in [-0.4, -0.2) is 59.3 Å². The van der Waals surface area contributed by atoms with E-state index < -0.39 is 42.4 Å². The van der Waals surface area contributed by atoms with Gasteiger partial charge in [-0.05, 0) is 30.6 Å². The molecule has 2 rings (SSSR count). The van der Waals surface area contributed by atoms with Crippen molar-refractivity contribution in [1.82, 2.24) is 10.2 Å². The van der Waals surface area contributed by atoms with Gasteiger partial charge in [-0.1, -0.05) is 12.1 Å². The van der Waals surface area contributed by atoms with Crippen LogP contribution in [0.25, 0.3) is 0 Å². The van der Waals surface area contributed by atoms with Crippen molar-refractivity contribution < 1.29 is 28.7 Å². The van der Waals surface area contributed by atoms with Gasteiger partial charge in [0.1, 0.15) is 6.04 Å². The first-order chi connectivity index (χ1) is 12.4. The van der Waals surface area contributed by atoms with Gasteiger partial charge in [-0.3, -0.25) is 24.6 Å². The van der Waals surface area contributed by atoms with Crippen LogP contribution >= 0.6 is 11.8 Å². The lowest BCUT2D eigenvalue weighted by Crippen LogP contribution is -2.47. The number of primary amides is 1. The van der Waals surface area contributed by atoms with E-state index in [0.29, 0.717) is 5.75 Å². The summed E-state index contributed by atoms with van der Waals surface area (Å²) >= 11 is 1.43. The molecule has 0 fully saturated rings. The lowest BCUT2D eigenvalue weighted by atomic mass is 10.1. The maximum absolute atomic E-state index is 12.5. The van der Waals surface area contributed by atoms with Crippen molar-refractivity contribution in [2.75, 3.05) is 18.6 Å². The van der Waals surface area contributed by atoms with Gasteiger partial charge in [0.15, 0.2) is 6.61 Å². The molecule has 9 nitrogen and oxygen atoms in total. The van der Waals surface area contributed by atoms with E-state index in [9.17, 15) is 24.0 Å². The molecule has 1 atom stereocenters. The van der Waals surface area contributed by atoms with Crippen LogP contribution in [0.2, 0.25) is 0 Å². The number of benzene rings is 1. The first-order valence-electron chi connectivity index (χ1n) is 7.58. The number of hydrogen-bond donors (Lipinski definition) is 2. The maximum atomic E-state index is 12.5. The van der Waals surface area contributed by atoms with E-state index in [2.05, 4.69) is 0 Å². The van der Waals surface area contributed by atoms with Crippen molar-refractivity contribution in [1.29, 1.82) is 0 Å². The maximum Gasteiger partial charge on any atom is 0.329 e. The molecule has 0 bridgehead atoms. The summed E-state index contributed by atoms with van der Waals surface area (Å²) in [6.07, 6.45) is 1.98. The van der Waals surface area contributed by atoms with Gasteiger partial charge in [-0.25, -0.2) is 9.59 Å². The third kappa shape index (κ3) is 4.20. The van der Waals surface area contributed by atoms with Crippen LogP contribution < -0.4 is 11.1 Å². The third-order valence-corrected chi connectivity index (χ3v) is 4.26. The number of fused-ring (bicyclic) bond motifs is 1. The summed E-state index contributed by atoms with van der Waals surface area (Å²) in [5.41, 5.74) is 5.23. The highest BCUT2D eigenvalue weighted by Crippen LogP contribution is 2.26. The van der Waals surface area contributed by atoms with Crippen molar-refractivity contribution in [3.8, 4) is 0 Å². The lowest BCUT2D eigenvalue weighted by Gasteiger charge is -2.24. The zero-order chi connectivity index (χ0) is 19.3. The minimum Gasteiger partial charge on any atom is -0.454 e. The van der Waals surface area contributed by atoms with Crippen LogP contribution in [0.15, 0.2) is 24.3 Å². The van der Waals surface area contributed by atoms with Gasteiger partial charge in [0, 0.05) is 0 Å². The normalized spacial score (nSPS) is 14.0. The number of rotatable bonds is 7. The second-order valence-corrected chi connectivity index (χ2v) is 6.33. The molecule has 0 saturated carbocycles. The Kier molecular flexibility index (Phi) is 6.34. The summed E-state index contributed by atoms with van der Waals surface area (Å²) in [5.74, 6) is -2.50. The summed E-state index contributed by atoms with van der Waals surface area (Å²) in [6.45, 7) is -0.749. The SMILES string of the molecule is CSCC[C@@H](C(=O)OCC(=O)NC(N)=O)N1C(=O)c2ccccc2C1=O. The largest absolute Gasteiger partial charge is 0.454 e. The Balaban J connectivity index is 2.16. The zero-order valence-corrected chi connectivity index (χ0v) is 14.7. The number of nitrogens with zero attached hydrogens (tertiary/aromatic N) is 1. The molecule has 138 valence electrons. The molecular weight excluding hydrogens is 362 g/mol. The predicted molar refractivity (Wildman–Crippen MR) is 92.4 cm³/mol. The minimum atomic E-state index is -1.17. The van der Waals surface area contributed by atoms with E-state index in [1.807, 2.05) is 6.26 Å². The molecule has 0 saturated heterocycles. The number of imide groups is 2. The highest BCUT2D eigenvalue weighted by Gasteiger charge is 2.43. The van der Waals surface area contributed by atoms with Gasteiger partial charge >= 0.3 is 12.0 Å². The highest BCUT2D eigenvalue weighted by atomic mass is 32.2. The Bertz CT molecular complexity index is 731. The Morgan fingerprint density at radius 1 is 1.19 bits per heavy atom. The van der Waals surface area contributed by atoms with E-state index in [0.717, 1.165) is 4.90 Å². The summed E-state index contributed by atoms with van der Waals surface area (Å²) < 4.78 is 4.86.